The lowest BCUT2D eigenvalue weighted by Crippen LogP contribution is -2.10. The second-order valence-corrected chi connectivity index (χ2v) is 6.31. The molecule has 0 saturated carbocycles. The SMILES string of the molecule is CC(=NOCCCc1cccc(C(=O)C(C)C)n1)c1cccc(C)n1. The molecule has 2 heterocycles. The number of oxime groups is 1. The number of aryl methyl sites for hydroxylation is 2. The highest BCUT2D eigenvalue weighted by atomic mass is 16.6. The highest BCUT2D eigenvalue weighted by Gasteiger charge is 2.12. The molecule has 0 aromatic carbocycles. The number of Topliss-reactive ketones (excluding diaryl/α,β-unsaturated/α-hetero) is 1. The number of pyridine rings is 2. The Balaban J connectivity index is 1.82. The molecule has 0 amide bonds. The Labute approximate surface area is 149 Å². The van der Waals surface area contributed by atoms with Crippen molar-refractivity contribution in [1.29, 1.82) is 0 Å². The minimum atomic E-state index is -0.0429. The number of aromatic nitrogens is 2. The number of carbonyl (C=O) groups is 1. The summed E-state index contributed by atoms with van der Waals surface area (Å²) in [7, 11) is 0. The van der Waals surface area contributed by atoms with Gasteiger partial charge in [0.1, 0.15) is 18.0 Å². The second-order valence-electron chi connectivity index (χ2n) is 6.31. The third-order valence-electron chi connectivity index (χ3n) is 3.71. The van der Waals surface area contributed by atoms with Gasteiger partial charge in [0.2, 0.25) is 0 Å². The van der Waals surface area contributed by atoms with Gasteiger partial charge in [0.05, 0.1) is 5.69 Å². The number of hydrogen-bond acceptors (Lipinski definition) is 5. The predicted octanol–water partition coefficient (Wildman–Crippen LogP) is 4.00. The van der Waals surface area contributed by atoms with Crippen molar-refractivity contribution in [3.63, 3.8) is 0 Å². The number of carbonyl (C=O) groups excluding carboxylic acids is 1. The molecule has 132 valence electrons. The molecule has 0 N–H and O–H groups in total. The van der Waals surface area contributed by atoms with Crippen LogP contribution in [0.5, 0.6) is 0 Å². The molecule has 0 saturated heterocycles. The average molecular weight is 339 g/mol. The molecular weight excluding hydrogens is 314 g/mol. The molecule has 0 spiro atoms. The van der Waals surface area contributed by atoms with Gasteiger partial charge >= 0.3 is 0 Å². The zero-order chi connectivity index (χ0) is 18.2. The summed E-state index contributed by atoms with van der Waals surface area (Å²) in [6, 6.07) is 11.4. The van der Waals surface area contributed by atoms with Gasteiger partial charge in [0.25, 0.3) is 0 Å². The van der Waals surface area contributed by atoms with E-state index in [9.17, 15) is 4.79 Å². The Hall–Kier alpha value is -2.56. The molecule has 0 aliphatic heterocycles. The minimum Gasteiger partial charge on any atom is -0.396 e. The van der Waals surface area contributed by atoms with Crippen LogP contribution in [0.2, 0.25) is 0 Å². The Morgan fingerprint density at radius 1 is 1.12 bits per heavy atom. The van der Waals surface area contributed by atoms with E-state index < -0.39 is 0 Å². The summed E-state index contributed by atoms with van der Waals surface area (Å²) in [6.45, 7) is 8.09. The van der Waals surface area contributed by atoms with E-state index in [0.717, 1.165) is 35.6 Å². The quantitative estimate of drug-likeness (QED) is 0.316. The molecular formula is C20H25N3O2. The first-order valence-corrected chi connectivity index (χ1v) is 8.58. The first-order valence-electron chi connectivity index (χ1n) is 8.58. The van der Waals surface area contributed by atoms with Crippen LogP contribution in [0.4, 0.5) is 0 Å². The zero-order valence-electron chi connectivity index (χ0n) is 15.3. The fourth-order valence-corrected chi connectivity index (χ4v) is 2.30. The number of nitrogens with zero attached hydrogens (tertiary/aromatic N) is 3. The Bertz CT molecular complexity index is 754. The lowest BCUT2D eigenvalue weighted by molar-refractivity contribution is 0.0934. The van der Waals surface area contributed by atoms with E-state index in [-0.39, 0.29) is 11.7 Å². The van der Waals surface area contributed by atoms with E-state index >= 15 is 0 Å². The van der Waals surface area contributed by atoms with Crippen molar-refractivity contribution in [3.05, 3.63) is 59.2 Å². The Morgan fingerprint density at radius 2 is 1.84 bits per heavy atom. The zero-order valence-corrected chi connectivity index (χ0v) is 15.3. The fourth-order valence-electron chi connectivity index (χ4n) is 2.30. The first kappa shape index (κ1) is 18.8. The van der Waals surface area contributed by atoms with Crippen LogP contribution >= 0.6 is 0 Å². The van der Waals surface area contributed by atoms with Gasteiger partial charge in [-0.05, 0) is 51.0 Å². The van der Waals surface area contributed by atoms with Gasteiger partial charge in [0.15, 0.2) is 5.78 Å². The third-order valence-corrected chi connectivity index (χ3v) is 3.71. The van der Waals surface area contributed by atoms with Gasteiger partial charge in [0, 0.05) is 17.3 Å². The maximum absolute atomic E-state index is 12.0. The van der Waals surface area contributed by atoms with Crippen molar-refractivity contribution >= 4 is 11.5 Å². The molecule has 0 aliphatic carbocycles. The second kappa shape index (κ2) is 9.06. The van der Waals surface area contributed by atoms with E-state index in [0.29, 0.717) is 12.3 Å². The van der Waals surface area contributed by atoms with E-state index in [1.807, 2.05) is 58.0 Å². The van der Waals surface area contributed by atoms with Crippen LogP contribution in [0.1, 0.15) is 54.8 Å². The predicted molar refractivity (Wildman–Crippen MR) is 98.9 cm³/mol. The van der Waals surface area contributed by atoms with E-state index in [1.165, 1.54) is 0 Å². The summed E-state index contributed by atoms with van der Waals surface area (Å²) >= 11 is 0. The van der Waals surface area contributed by atoms with Crippen LogP contribution < -0.4 is 0 Å². The monoisotopic (exact) mass is 339 g/mol. The number of ketones is 1. The Morgan fingerprint density at radius 3 is 2.56 bits per heavy atom. The fraction of sp³-hybridized carbons (Fsp3) is 0.400. The maximum Gasteiger partial charge on any atom is 0.183 e. The van der Waals surface area contributed by atoms with Gasteiger partial charge in [-0.1, -0.05) is 31.1 Å². The largest absolute Gasteiger partial charge is 0.396 e. The van der Waals surface area contributed by atoms with Crippen LogP contribution in [0.15, 0.2) is 41.6 Å². The molecule has 0 fully saturated rings. The highest BCUT2D eigenvalue weighted by molar-refractivity contribution is 5.96. The molecule has 25 heavy (non-hydrogen) atoms. The Kier molecular flexibility index (Phi) is 6.81. The summed E-state index contributed by atoms with van der Waals surface area (Å²) in [5.74, 6) is 0.0302. The third kappa shape index (κ3) is 5.78. The van der Waals surface area contributed by atoms with Crippen LogP contribution in [-0.2, 0) is 11.3 Å². The summed E-state index contributed by atoms with van der Waals surface area (Å²) in [6.07, 6.45) is 1.53. The number of hydrogen-bond donors (Lipinski definition) is 0. The van der Waals surface area contributed by atoms with Crippen LogP contribution in [0.3, 0.4) is 0 Å². The van der Waals surface area contributed by atoms with Crippen LogP contribution in [0, 0.1) is 12.8 Å². The van der Waals surface area contributed by atoms with Gasteiger partial charge < -0.3 is 4.84 Å². The van der Waals surface area contributed by atoms with Crippen molar-refractivity contribution < 1.29 is 9.63 Å². The first-order chi connectivity index (χ1) is 12.0. The summed E-state index contributed by atoms with van der Waals surface area (Å²) in [4.78, 5) is 26.2. The number of rotatable bonds is 8. The van der Waals surface area contributed by atoms with Crippen molar-refractivity contribution in [2.45, 2.75) is 40.5 Å². The lowest BCUT2D eigenvalue weighted by Gasteiger charge is -2.06. The molecule has 5 heteroatoms. The molecule has 0 aliphatic rings. The highest BCUT2D eigenvalue weighted by Crippen LogP contribution is 2.08. The van der Waals surface area contributed by atoms with Gasteiger partial charge in [-0.3, -0.25) is 9.78 Å². The van der Waals surface area contributed by atoms with E-state index in [4.69, 9.17) is 4.84 Å². The lowest BCUT2D eigenvalue weighted by atomic mass is 10.1. The molecule has 0 unspecified atom stereocenters. The molecule has 5 nitrogen and oxygen atoms in total. The van der Waals surface area contributed by atoms with Gasteiger partial charge in [-0.15, -0.1) is 0 Å². The van der Waals surface area contributed by atoms with Crippen molar-refractivity contribution in [3.8, 4) is 0 Å². The molecule has 2 rings (SSSR count). The van der Waals surface area contributed by atoms with Crippen LogP contribution in [-0.4, -0.2) is 28.1 Å². The molecule has 0 bridgehead atoms. The average Bonchev–Trinajstić information content (AvgIpc) is 2.60. The molecule has 0 radical (unpaired) electrons. The summed E-state index contributed by atoms with van der Waals surface area (Å²) in [5.41, 5.74) is 3.96. The van der Waals surface area contributed by atoms with Gasteiger partial charge in [-0.2, -0.15) is 0 Å². The van der Waals surface area contributed by atoms with Crippen molar-refractivity contribution in [1.82, 2.24) is 9.97 Å². The van der Waals surface area contributed by atoms with E-state index in [1.54, 1.807) is 6.07 Å². The topological polar surface area (TPSA) is 64.4 Å². The normalized spacial score (nSPS) is 11.6. The molecule has 2 aromatic rings. The van der Waals surface area contributed by atoms with Gasteiger partial charge in [-0.25, -0.2) is 4.98 Å². The molecule has 2 aromatic heterocycles. The maximum atomic E-state index is 12.0. The standard InChI is InChI=1S/C20H25N3O2/c1-14(2)20(24)19-12-6-9-17(22-19)10-7-13-25-23-16(4)18-11-5-8-15(3)21-18/h5-6,8-9,11-12,14H,7,10,13H2,1-4H3. The smallest absolute Gasteiger partial charge is 0.183 e. The van der Waals surface area contributed by atoms with E-state index in [2.05, 4.69) is 15.1 Å². The molecule has 0 atom stereocenters. The summed E-state index contributed by atoms with van der Waals surface area (Å²) < 4.78 is 0. The minimum absolute atomic E-state index is 0.0429. The van der Waals surface area contributed by atoms with Crippen LogP contribution in [0.25, 0.3) is 0 Å². The van der Waals surface area contributed by atoms with Crippen molar-refractivity contribution in [2.24, 2.45) is 11.1 Å². The summed E-state index contributed by atoms with van der Waals surface area (Å²) in [5, 5.41) is 4.12. The van der Waals surface area contributed by atoms with Crippen molar-refractivity contribution in [2.75, 3.05) is 6.61 Å².